The Labute approximate surface area is 124 Å². The molecule has 0 saturated heterocycles. The van der Waals surface area contributed by atoms with Gasteiger partial charge in [0, 0.05) is 36.7 Å². The maximum atomic E-state index is 4.30. The van der Waals surface area contributed by atoms with Crippen LogP contribution >= 0.6 is 0 Å². The quantitative estimate of drug-likeness (QED) is 0.781. The minimum absolute atomic E-state index is 0.491. The number of aromatic nitrogens is 3. The SMILES string of the molecule is CC(C)NCc1ccc2ccn(Cc3ncccn3)c2c1. The van der Waals surface area contributed by atoms with Gasteiger partial charge in [0.25, 0.3) is 0 Å². The summed E-state index contributed by atoms with van der Waals surface area (Å²) in [4.78, 5) is 8.60. The maximum absolute atomic E-state index is 4.30. The first-order chi connectivity index (χ1) is 10.2. The molecule has 3 aromatic rings. The van der Waals surface area contributed by atoms with Crippen molar-refractivity contribution in [3.8, 4) is 0 Å². The minimum atomic E-state index is 0.491. The fraction of sp³-hybridized carbons (Fsp3) is 0.294. The van der Waals surface area contributed by atoms with E-state index in [9.17, 15) is 0 Å². The standard InChI is InChI=1S/C17H20N4/c1-13(2)20-11-14-4-5-15-6-9-21(16(15)10-14)12-17-18-7-3-8-19-17/h3-10,13,20H,11-12H2,1-2H3. The Morgan fingerprint density at radius 2 is 1.95 bits per heavy atom. The molecule has 1 aromatic carbocycles. The van der Waals surface area contributed by atoms with Crippen LogP contribution in [0.2, 0.25) is 0 Å². The van der Waals surface area contributed by atoms with Crippen molar-refractivity contribution < 1.29 is 0 Å². The highest BCUT2D eigenvalue weighted by Gasteiger charge is 2.05. The molecule has 0 atom stereocenters. The van der Waals surface area contributed by atoms with E-state index < -0.39 is 0 Å². The van der Waals surface area contributed by atoms with Gasteiger partial charge in [-0.05, 0) is 29.1 Å². The molecule has 0 aliphatic heterocycles. The van der Waals surface area contributed by atoms with Crippen molar-refractivity contribution in [2.45, 2.75) is 33.0 Å². The number of fused-ring (bicyclic) bond motifs is 1. The molecule has 0 bridgehead atoms. The molecule has 4 nitrogen and oxygen atoms in total. The molecule has 0 saturated carbocycles. The fourth-order valence-corrected chi connectivity index (χ4v) is 2.36. The second-order valence-electron chi connectivity index (χ2n) is 5.54. The lowest BCUT2D eigenvalue weighted by molar-refractivity contribution is 0.589. The van der Waals surface area contributed by atoms with Gasteiger partial charge in [-0.3, -0.25) is 0 Å². The van der Waals surface area contributed by atoms with Gasteiger partial charge in [0.15, 0.2) is 0 Å². The monoisotopic (exact) mass is 280 g/mol. The van der Waals surface area contributed by atoms with Crippen LogP contribution < -0.4 is 5.32 Å². The molecule has 0 aliphatic carbocycles. The Morgan fingerprint density at radius 1 is 1.14 bits per heavy atom. The summed E-state index contributed by atoms with van der Waals surface area (Å²) in [6.07, 6.45) is 5.67. The normalized spacial score (nSPS) is 11.4. The topological polar surface area (TPSA) is 42.7 Å². The number of hydrogen-bond acceptors (Lipinski definition) is 3. The molecule has 0 spiro atoms. The van der Waals surface area contributed by atoms with Crippen LogP contribution in [0.4, 0.5) is 0 Å². The third kappa shape index (κ3) is 3.28. The summed E-state index contributed by atoms with van der Waals surface area (Å²) in [5.41, 5.74) is 2.52. The van der Waals surface area contributed by atoms with Crippen molar-refractivity contribution in [1.82, 2.24) is 19.9 Å². The summed E-state index contributed by atoms with van der Waals surface area (Å²) in [5.74, 6) is 0.834. The molecular weight excluding hydrogens is 260 g/mol. The Bertz CT molecular complexity index is 716. The van der Waals surface area contributed by atoms with E-state index in [4.69, 9.17) is 0 Å². The largest absolute Gasteiger partial charge is 0.340 e. The highest BCUT2D eigenvalue weighted by atomic mass is 15.0. The summed E-state index contributed by atoms with van der Waals surface area (Å²) in [5, 5.41) is 4.70. The van der Waals surface area contributed by atoms with Gasteiger partial charge < -0.3 is 9.88 Å². The lowest BCUT2D eigenvalue weighted by Gasteiger charge is -2.09. The van der Waals surface area contributed by atoms with Gasteiger partial charge in [-0.15, -0.1) is 0 Å². The molecule has 0 aliphatic rings. The van der Waals surface area contributed by atoms with Crippen LogP contribution in [0.25, 0.3) is 10.9 Å². The van der Waals surface area contributed by atoms with Crippen molar-refractivity contribution in [2.24, 2.45) is 0 Å². The average molecular weight is 280 g/mol. The zero-order valence-corrected chi connectivity index (χ0v) is 12.5. The van der Waals surface area contributed by atoms with Crippen molar-refractivity contribution >= 4 is 10.9 Å². The van der Waals surface area contributed by atoms with Crippen molar-refractivity contribution in [1.29, 1.82) is 0 Å². The van der Waals surface area contributed by atoms with Gasteiger partial charge in [-0.2, -0.15) is 0 Å². The van der Waals surface area contributed by atoms with Crippen molar-refractivity contribution in [3.63, 3.8) is 0 Å². The second-order valence-corrected chi connectivity index (χ2v) is 5.54. The van der Waals surface area contributed by atoms with Gasteiger partial charge >= 0.3 is 0 Å². The number of nitrogens with zero attached hydrogens (tertiary/aromatic N) is 3. The molecule has 108 valence electrons. The zero-order chi connectivity index (χ0) is 14.7. The van der Waals surface area contributed by atoms with E-state index in [1.54, 1.807) is 12.4 Å². The number of nitrogens with one attached hydrogen (secondary N) is 1. The van der Waals surface area contributed by atoms with Crippen LogP contribution in [0.5, 0.6) is 0 Å². The van der Waals surface area contributed by atoms with Crippen LogP contribution in [0, 0.1) is 0 Å². The molecule has 1 N–H and O–H groups in total. The predicted octanol–water partition coefficient (Wildman–Crippen LogP) is 2.98. The molecule has 0 fully saturated rings. The Balaban J connectivity index is 1.87. The molecule has 21 heavy (non-hydrogen) atoms. The van der Waals surface area contributed by atoms with E-state index in [0.29, 0.717) is 12.6 Å². The Hall–Kier alpha value is -2.20. The summed E-state index contributed by atoms with van der Waals surface area (Å²) in [7, 11) is 0. The molecule has 0 amide bonds. The lowest BCUT2D eigenvalue weighted by Crippen LogP contribution is -2.21. The first kappa shape index (κ1) is 13.8. The number of benzene rings is 1. The van der Waals surface area contributed by atoms with E-state index in [1.807, 2.05) is 6.07 Å². The fourth-order valence-electron chi connectivity index (χ4n) is 2.36. The van der Waals surface area contributed by atoms with Gasteiger partial charge in [0.1, 0.15) is 5.82 Å². The van der Waals surface area contributed by atoms with E-state index in [1.165, 1.54) is 16.5 Å². The first-order valence-corrected chi connectivity index (χ1v) is 7.29. The molecular formula is C17H20N4. The van der Waals surface area contributed by atoms with Crippen LogP contribution in [0.15, 0.2) is 48.9 Å². The van der Waals surface area contributed by atoms with Gasteiger partial charge in [0.05, 0.1) is 6.54 Å². The summed E-state index contributed by atoms with van der Waals surface area (Å²) >= 11 is 0. The van der Waals surface area contributed by atoms with Crippen molar-refractivity contribution in [2.75, 3.05) is 0 Å². The molecule has 3 rings (SSSR count). The number of hydrogen-bond donors (Lipinski definition) is 1. The van der Waals surface area contributed by atoms with E-state index >= 15 is 0 Å². The Kier molecular flexibility index (Phi) is 3.97. The molecule has 2 heterocycles. The summed E-state index contributed by atoms with van der Waals surface area (Å²) in [6, 6.07) is 11.1. The van der Waals surface area contributed by atoms with Gasteiger partial charge in [0.2, 0.25) is 0 Å². The van der Waals surface area contributed by atoms with E-state index in [0.717, 1.165) is 12.4 Å². The Morgan fingerprint density at radius 3 is 2.71 bits per heavy atom. The third-order valence-electron chi connectivity index (χ3n) is 3.48. The second kappa shape index (κ2) is 6.06. The van der Waals surface area contributed by atoms with Crippen LogP contribution in [-0.4, -0.2) is 20.6 Å². The first-order valence-electron chi connectivity index (χ1n) is 7.29. The zero-order valence-electron chi connectivity index (χ0n) is 12.5. The molecule has 4 heteroatoms. The average Bonchev–Trinajstić information content (AvgIpc) is 2.89. The van der Waals surface area contributed by atoms with Gasteiger partial charge in [-0.25, -0.2) is 9.97 Å². The van der Waals surface area contributed by atoms with Crippen molar-refractivity contribution in [3.05, 3.63) is 60.3 Å². The highest BCUT2D eigenvalue weighted by Crippen LogP contribution is 2.18. The van der Waals surface area contributed by atoms with Crippen LogP contribution in [0.3, 0.4) is 0 Å². The van der Waals surface area contributed by atoms with Gasteiger partial charge in [-0.1, -0.05) is 26.0 Å². The highest BCUT2D eigenvalue weighted by molar-refractivity contribution is 5.80. The molecule has 0 radical (unpaired) electrons. The minimum Gasteiger partial charge on any atom is -0.340 e. The van der Waals surface area contributed by atoms with Crippen LogP contribution in [-0.2, 0) is 13.1 Å². The molecule has 0 unspecified atom stereocenters. The molecule has 2 aromatic heterocycles. The van der Waals surface area contributed by atoms with E-state index in [-0.39, 0.29) is 0 Å². The van der Waals surface area contributed by atoms with E-state index in [2.05, 4.69) is 64.2 Å². The summed E-state index contributed by atoms with van der Waals surface area (Å²) in [6.45, 7) is 5.91. The lowest BCUT2D eigenvalue weighted by atomic mass is 10.1. The van der Waals surface area contributed by atoms with Crippen LogP contribution in [0.1, 0.15) is 25.2 Å². The third-order valence-corrected chi connectivity index (χ3v) is 3.48. The predicted molar refractivity (Wildman–Crippen MR) is 85.0 cm³/mol. The number of rotatable bonds is 5. The smallest absolute Gasteiger partial charge is 0.147 e. The summed E-state index contributed by atoms with van der Waals surface area (Å²) < 4.78 is 2.20. The maximum Gasteiger partial charge on any atom is 0.147 e.